The highest BCUT2D eigenvalue weighted by Crippen LogP contribution is 2.30. The molecule has 0 aromatic heterocycles. The van der Waals surface area contributed by atoms with Gasteiger partial charge in [-0.25, -0.2) is 0 Å². The summed E-state index contributed by atoms with van der Waals surface area (Å²) in [7, 11) is 0. The Hall–Kier alpha value is -0.380. The summed E-state index contributed by atoms with van der Waals surface area (Å²) in [4.78, 5) is 0. The largest absolute Gasteiger partial charge is 0.374 e. The fourth-order valence-corrected chi connectivity index (χ4v) is 1.88. The molecule has 1 rings (SSSR count). The van der Waals surface area contributed by atoms with Gasteiger partial charge in [0, 0.05) is 6.61 Å². The van der Waals surface area contributed by atoms with E-state index in [0.717, 1.165) is 31.4 Å². The number of hydrazine groups is 1. The summed E-state index contributed by atoms with van der Waals surface area (Å²) in [5.41, 5.74) is 3.87. The van der Waals surface area contributed by atoms with Crippen LogP contribution in [-0.4, -0.2) is 18.2 Å². The second-order valence-electron chi connectivity index (χ2n) is 4.15. The van der Waals surface area contributed by atoms with E-state index in [1.54, 1.807) is 0 Å². The Bertz CT molecular complexity index is 185. The van der Waals surface area contributed by atoms with Crippen LogP contribution in [-0.2, 0) is 4.74 Å². The summed E-state index contributed by atoms with van der Waals surface area (Å²) in [5.74, 6) is 5.51. The van der Waals surface area contributed by atoms with E-state index in [2.05, 4.69) is 18.9 Å². The zero-order valence-corrected chi connectivity index (χ0v) is 8.60. The van der Waals surface area contributed by atoms with Gasteiger partial charge >= 0.3 is 0 Å². The molecule has 0 radical (unpaired) electrons. The molecule has 0 saturated carbocycles. The molecule has 0 aromatic carbocycles. The predicted octanol–water partition coefficient (Wildman–Crippen LogP) is 1.35. The lowest BCUT2D eigenvalue weighted by Crippen LogP contribution is -2.51. The lowest BCUT2D eigenvalue weighted by Gasteiger charge is -2.32. The summed E-state index contributed by atoms with van der Waals surface area (Å²) >= 11 is 0. The molecule has 13 heavy (non-hydrogen) atoms. The molecular formula is C10H20N2O. The molecule has 1 aliphatic rings. The number of nitrogens with one attached hydrogen (secondary N) is 1. The van der Waals surface area contributed by atoms with Crippen LogP contribution in [0.1, 0.15) is 33.1 Å². The third-order valence-electron chi connectivity index (χ3n) is 2.74. The highest BCUT2D eigenvalue weighted by molar-refractivity contribution is 5.01. The van der Waals surface area contributed by atoms with Gasteiger partial charge in [0.25, 0.3) is 0 Å². The first-order valence-electron chi connectivity index (χ1n) is 4.83. The number of hydrogen-bond donors (Lipinski definition) is 2. The smallest absolute Gasteiger partial charge is 0.0824 e. The van der Waals surface area contributed by atoms with E-state index in [1.165, 1.54) is 0 Å². The maximum atomic E-state index is 5.71. The SMILES string of the molecule is C=C(C)CC(NN)C1(C)CCCO1. The van der Waals surface area contributed by atoms with Crippen LogP contribution in [0.2, 0.25) is 0 Å². The Kier molecular flexibility index (Phi) is 3.47. The van der Waals surface area contributed by atoms with E-state index < -0.39 is 0 Å². The van der Waals surface area contributed by atoms with E-state index in [9.17, 15) is 0 Å². The van der Waals surface area contributed by atoms with Gasteiger partial charge in [0.2, 0.25) is 0 Å². The van der Waals surface area contributed by atoms with Crippen LogP contribution < -0.4 is 11.3 Å². The number of hydrogen-bond acceptors (Lipinski definition) is 3. The van der Waals surface area contributed by atoms with Gasteiger partial charge in [0.05, 0.1) is 11.6 Å². The van der Waals surface area contributed by atoms with Crippen molar-refractivity contribution in [3.63, 3.8) is 0 Å². The maximum Gasteiger partial charge on any atom is 0.0824 e. The highest BCUT2D eigenvalue weighted by atomic mass is 16.5. The fraction of sp³-hybridized carbons (Fsp3) is 0.800. The molecule has 3 N–H and O–H groups in total. The Morgan fingerprint density at radius 2 is 2.46 bits per heavy atom. The Labute approximate surface area is 80.3 Å². The number of ether oxygens (including phenoxy) is 1. The average molecular weight is 184 g/mol. The normalized spacial score (nSPS) is 30.4. The molecule has 0 bridgehead atoms. The van der Waals surface area contributed by atoms with Gasteiger partial charge in [-0.3, -0.25) is 11.3 Å². The van der Waals surface area contributed by atoms with Crippen molar-refractivity contribution >= 4 is 0 Å². The minimum atomic E-state index is -0.103. The van der Waals surface area contributed by atoms with Crippen LogP contribution in [0.3, 0.4) is 0 Å². The molecule has 0 spiro atoms. The van der Waals surface area contributed by atoms with E-state index in [1.807, 2.05) is 6.92 Å². The molecule has 2 unspecified atom stereocenters. The van der Waals surface area contributed by atoms with E-state index in [0.29, 0.717) is 0 Å². The number of nitrogens with two attached hydrogens (primary N) is 1. The minimum Gasteiger partial charge on any atom is -0.374 e. The van der Waals surface area contributed by atoms with Crippen LogP contribution in [0.4, 0.5) is 0 Å². The Morgan fingerprint density at radius 3 is 2.85 bits per heavy atom. The average Bonchev–Trinajstić information content (AvgIpc) is 2.48. The monoisotopic (exact) mass is 184 g/mol. The van der Waals surface area contributed by atoms with Crippen LogP contribution in [0.25, 0.3) is 0 Å². The zero-order valence-electron chi connectivity index (χ0n) is 8.60. The molecule has 2 atom stereocenters. The number of rotatable bonds is 4. The lowest BCUT2D eigenvalue weighted by molar-refractivity contribution is -0.0114. The molecule has 1 saturated heterocycles. The zero-order chi connectivity index (χ0) is 9.90. The van der Waals surface area contributed by atoms with Gasteiger partial charge in [-0.15, -0.1) is 6.58 Å². The van der Waals surface area contributed by atoms with Crippen molar-refractivity contribution in [3.05, 3.63) is 12.2 Å². The third kappa shape index (κ3) is 2.53. The highest BCUT2D eigenvalue weighted by Gasteiger charge is 2.37. The molecule has 0 amide bonds. The van der Waals surface area contributed by atoms with Gasteiger partial charge in [0.15, 0.2) is 0 Å². The third-order valence-corrected chi connectivity index (χ3v) is 2.74. The molecule has 0 aliphatic carbocycles. The van der Waals surface area contributed by atoms with Crippen molar-refractivity contribution in [3.8, 4) is 0 Å². The van der Waals surface area contributed by atoms with Crippen LogP contribution in [0, 0.1) is 0 Å². The second-order valence-corrected chi connectivity index (χ2v) is 4.15. The van der Waals surface area contributed by atoms with Gasteiger partial charge in [-0.05, 0) is 33.1 Å². The first-order valence-corrected chi connectivity index (χ1v) is 4.83. The molecule has 76 valence electrons. The molecule has 1 heterocycles. The van der Waals surface area contributed by atoms with Crippen molar-refractivity contribution in [2.24, 2.45) is 5.84 Å². The van der Waals surface area contributed by atoms with Gasteiger partial charge in [-0.1, -0.05) is 5.57 Å². The summed E-state index contributed by atoms with van der Waals surface area (Å²) in [6.07, 6.45) is 3.09. The molecule has 3 heteroatoms. The maximum absolute atomic E-state index is 5.71. The second kappa shape index (κ2) is 4.22. The van der Waals surface area contributed by atoms with E-state index >= 15 is 0 Å². The summed E-state index contributed by atoms with van der Waals surface area (Å²) in [6, 6.07) is 0.188. The Balaban J connectivity index is 2.58. The molecule has 3 nitrogen and oxygen atoms in total. The molecule has 1 fully saturated rings. The van der Waals surface area contributed by atoms with Crippen molar-refractivity contribution in [2.45, 2.75) is 44.8 Å². The summed E-state index contributed by atoms with van der Waals surface area (Å²) in [5, 5.41) is 0. The van der Waals surface area contributed by atoms with Crippen molar-refractivity contribution in [2.75, 3.05) is 6.61 Å². The van der Waals surface area contributed by atoms with Gasteiger partial charge in [0.1, 0.15) is 0 Å². The molecular weight excluding hydrogens is 164 g/mol. The van der Waals surface area contributed by atoms with E-state index in [-0.39, 0.29) is 11.6 Å². The first-order chi connectivity index (χ1) is 6.08. The van der Waals surface area contributed by atoms with Crippen molar-refractivity contribution in [1.29, 1.82) is 0 Å². The van der Waals surface area contributed by atoms with Gasteiger partial charge < -0.3 is 4.74 Å². The standard InChI is InChI=1S/C10H20N2O/c1-8(2)7-9(12-11)10(3)5-4-6-13-10/h9,12H,1,4-7,11H2,2-3H3. The van der Waals surface area contributed by atoms with Crippen molar-refractivity contribution < 1.29 is 4.74 Å². The Morgan fingerprint density at radius 1 is 1.77 bits per heavy atom. The van der Waals surface area contributed by atoms with Crippen LogP contribution in [0.5, 0.6) is 0 Å². The van der Waals surface area contributed by atoms with Crippen molar-refractivity contribution in [1.82, 2.24) is 5.43 Å². The molecule has 0 aromatic rings. The minimum absolute atomic E-state index is 0.103. The van der Waals surface area contributed by atoms with E-state index in [4.69, 9.17) is 10.6 Å². The summed E-state index contributed by atoms with van der Waals surface area (Å²) in [6.45, 7) is 8.88. The predicted molar refractivity (Wildman–Crippen MR) is 54.1 cm³/mol. The quantitative estimate of drug-likeness (QED) is 0.394. The topological polar surface area (TPSA) is 47.3 Å². The fourth-order valence-electron chi connectivity index (χ4n) is 1.88. The summed E-state index contributed by atoms with van der Waals surface area (Å²) < 4.78 is 5.71. The molecule has 1 aliphatic heterocycles. The lowest BCUT2D eigenvalue weighted by atomic mass is 9.89. The first kappa shape index (κ1) is 10.7. The van der Waals surface area contributed by atoms with Gasteiger partial charge in [-0.2, -0.15) is 0 Å². The van der Waals surface area contributed by atoms with Crippen LogP contribution in [0.15, 0.2) is 12.2 Å². The van der Waals surface area contributed by atoms with Crippen LogP contribution >= 0.6 is 0 Å².